The highest BCUT2D eigenvalue weighted by molar-refractivity contribution is 6.54. The molecule has 0 amide bonds. The molecule has 0 bridgehead atoms. The SMILES string of the molecule is C=[N+]=[N-].C[Si](C)C. The van der Waals surface area contributed by atoms with Gasteiger partial charge in [-0.2, -0.15) is 4.79 Å². The van der Waals surface area contributed by atoms with E-state index in [0.717, 1.165) is 0 Å². The van der Waals surface area contributed by atoms with Crippen LogP contribution in [0, 0.1) is 0 Å². The number of nitrogens with zero attached hydrogens (tertiary/aromatic N) is 2. The average Bonchev–Trinajstić information content (AvgIpc) is 1.33. The smallest absolute Gasteiger partial charge is 0.245 e. The summed E-state index contributed by atoms with van der Waals surface area (Å²) in [5.74, 6) is 0. The highest BCUT2D eigenvalue weighted by Gasteiger charge is 1.72. The van der Waals surface area contributed by atoms with Crippen LogP contribution in [0.25, 0.3) is 5.53 Å². The quantitative estimate of drug-likeness (QED) is 0.197. The second kappa shape index (κ2) is 9.14. The maximum Gasteiger partial charge on any atom is 0.245 e. The largest absolute Gasteiger partial charge is 0.362 e. The highest BCUT2D eigenvalue weighted by atomic mass is 28.3. The Bertz CT molecular complexity index is 52.0. The van der Waals surface area contributed by atoms with Crippen LogP contribution in [0.15, 0.2) is 0 Å². The van der Waals surface area contributed by atoms with E-state index >= 15 is 0 Å². The van der Waals surface area contributed by atoms with Gasteiger partial charge in [-0.25, -0.2) is 0 Å². The first-order valence-corrected chi connectivity index (χ1v) is 5.02. The van der Waals surface area contributed by atoms with Crippen molar-refractivity contribution in [2.75, 3.05) is 0 Å². The van der Waals surface area contributed by atoms with Crippen LogP contribution < -0.4 is 0 Å². The molecular formula is C4H11N2Si. The zero-order chi connectivity index (χ0) is 6.28. The molecule has 0 rings (SSSR count). The second-order valence-electron chi connectivity index (χ2n) is 1.64. The van der Waals surface area contributed by atoms with Crippen molar-refractivity contribution in [2.45, 2.75) is 19.6 Å². The van der Waals surface area contributed by atoms with Crippen molar-refractivity contribution in [1.82, 2.24) is 0 Å². The molecule has 7 heavy (non-hydrogen) atoms. The van der Waals surface area contributed by atoms with Gasteiger partial charge in [0.2, 0.25) is 6.72 Å². The van der Waals surface area contributed by atoms with Crippen molar-refractivity contribution in [3.05, 3.63) is 5.53 Å². The molecule has 0 heterocycles. The van der Waals surface area contributed by atoms with Crippen molar-refractivity contribution < 1.29 is 4.79 Å². The number of rotatable bonds is 0. The minimum atomic E-state index is 0.120. The summed E-state index contributed by atoms with van der Waals surface area (Å²) >= 11 is 0. The second-order valence-corrected chi connectivity index (χ2v) is 4.64. The maximum absolute atomic E-state index is 7.08. The molecule has 0 aromatic carbocycles. The van der Waals surface area contributed by atoms with Crippen molar-refractivity contribution in [3.8, 4) is 0 Å². The van der Waals surface area contributed by atoms with Crippen molar-refractivity contribution in [1.29, 1.82) is 0 Å². The Labute approximate surface area is 46.4 Å². The van der Waals surface area contributed by atoms with Gasteiger partial charge in [0, 0.05) is 8.80 Å². The van der Waals surface area contributed by atoms with Gasteiger partial charge in [-0.05, 0) is 0 Å². The first kappa shape index (κ1) is 9.78. The molecule has 0 aliphatic heterocycles. The fourth-order valence-electron chi connectivity index (χ4n) is 0. The molecule has 1 radical (unpaired) electrons. The first-order chi connectivity index (χ1) is 3.15. The Morgan fingerprint density at radius 3 is 1.43 bits per heavy atom. The summed E-state index contributed by atoms with van der Waals surface area (Å²) in [7, 11) is 0.120. The van der Waals surface area contributed by atoms with Gasteiger partial charge >= 0.3 is 0 Å². The van der Waals surface area contributed by atoms with Crippen LogP contribution in [0.3, 0.4) is 0 Å². The lowest BCUT2D eigenvalue weighted by Crippen LogP contribution is -1.84. The highest BCUT2D eigenvalue weighted by Crippen LogP contribution is 1.68. The molecule has 0 aromatic rings. The van der Waals surface area contributed by atoms with Gasteiger partial charge in [0.25, 0.3) is 0 Å². The van der Waals surface area contributed by atoms with Gasteiger partial charge in [0.05, 0.1) is 0 Å². The van der Waals surface area contributed by atoms with Gasteiger partial charge < -0.3 is 5.53 Å². The number of hydrogen-bond donors (Lipinski definition) is 0. The van der Waals surface area contributed by atoms with Gasteiger partial charge in [0.15, 0.2) is 0 Å². The van der Waals surface area contributed by atoms with Crippen molar-refractivity contribution >= 4 is 15.5 Å². The van der Waals surface area contributed by atoms with Crippen LogP contribution >= 0.6 is 0 Å². The Morgan fingerprint density at radius 2 is 1.43 bits per heavy atom. The van der Waals surface area contributed by atoms with E-state index in [1.165, 1.54) is 0 Å². The molecule has 0 atom stereocenters. The third-order valence-electron chi connectivity index (χ3n) is 0. The topological polar surface area (TPSA) is 36.4 Å². The van der Waals surface area contributed by atoms with E-state index in [2.05, 4.69) is 31.1 Å². The average molecular weight is 115 g/mol. The van der Waals surface area contributed by atoms with Gasteiger partial charge in [-0.1, -0.05) is 19.6 Å². The first-order valence-electron chi connectivity index (χ1n) is 2.02. The van der Waals surface area contributed by atoms with Crippen LogP contribution in [0.5, 0.6) is 0 Å². The molecule has 0 N–H and O–H groups in total. The lowest BCUT2D eigenvalue weighted by Gasteiger charge is -1.75. The van der Waals surface area contributed by atoms with Crippen molar-refractivity contribution in [3.63, 3.8) is 0 Å². The summed E-state index contributed by atoms with van der Waals surface area (Å²) in [4.78, 5) is 2.25. The van der Waals surface area contributed by atoms with Crippen molar-refractivity contribution in [2.24, 2.45) is 0 Å². The zero-order valence-corrected chi connectivity index (χ0v) is 6.10. The molecule has 3 heteroatoms. The molecule has 41 valence electrons. The van der Waals surface area contributed by atoms with E-state index in [1.807, 2.05) is 0 Å². The molecule has 0 spiro atoms. The van der Waals surface area contributed by atoms with Crippen LogP contribution in [-0.2, 0) is 0 Å². The monoisotopic (exact) mass is 115 g/mol. The van der Waals surface area contributed by atoms with E-state index in [4.69, 9.17) is 5.53 Å². The van der Waals surface area contributed by atoms with Crippen LogP contribution in [0.4, 0.5) is 0 Å². The minimum absolute atomic E-state index is 0.120. The van der Waals surface area contributed by atoms with E-state index in [0.29, 0.717) is 0 Å². The van der Waals surface area contributed by atoms with Crippen LogP contribution in [-0.4, -0.2) is 20.3 Å². The summed E-state index contributed by atoms with van der Waals surface area (Å²) in [5.41, 5.74) is 7.08. The lowest BCUT2D eigenvalue weighted by molar-refractivity contribution is 0.0110. The standard InChI is InChI=1S/C3H9Si.CH2N2/c1-4(2)3;1-3-2/h1-3H3;1H2. The minimum Gasteiger partial charge on any atom is -0.362 e. The predicted octanol–water partition coefficient (Wildman–Crippen LogP) is 1.29. The molecular weight excluding hydrogens is 104 g/mol. The Morgan fingerprint density at radius 1 is 1.43 bits per heavy atom. The van der Waals surface area contributed by atoms with E-state index in [-0.39, 0.29) is 8.80 Å². The predicted molar refractivity (Wildman–Crippen MR) is 34.1 cm³/mol. The normalized spacial score (nSPS) is 6.29. The summed E-state index contributed by atoms with van der Waals surface area (Å²) in [5, 5.41) is 0. The Kier molecular flexibility index (Phi) is 12.8. The molecule has 0 unspecified atom stereocenters. The zero-order valence-electron chi connectivity index (χ0n) is 5.10. The van der Waals surface area contributed by atoms with E-state index in [1.54, 1.807) is 0 Å². The van der Waals surface area contributed by atoms with E-state index < -0.39 is 0 Å². The Balaban J connectivity index is 0. The fraction of sp³-hybridized carbons (Fsp3) is 0.750. The molecule has 0 aliphatic carbocycles. The third kappa shape index (κ3) is 446. The van der Waals surface area contributed by atoms with Crippen LogP contribution in [0.2, 0.25) is 19.6 Å². The maximum atomic E-state index is 7.08. The summed E-state index contributed by atoms with van der Waals surface area (Å²) in [6.07, 6.45) is 0. The molecule has 0 saturated heterocycles. The lowest BCUT2D eigenvalue weighted by atomic mass is 11.8. The van der Waals surface area contributed by atoms with Gasteiger partial charge in [0.1, 0.15) is 0 Å². The van der Waals surface area contributed by atoms with Gasteiger partial charge in [-0.3, -0.25) is 0 Å². The molecule has 0 aromatic heterocycles. The molecule has 2 nitrogen and oxygen atoms in total. The molecule has 0 fully saturated rings. The molecule has 0 aliphatic rings. The van der Waals surface area contributed by atoms with Crippen LogP contribution in [0.1, 0.15) is 0 Å². The van der Waals surface area contributed by atoms with E-state index in [9.17, 15) is 0 Å². The third-order valence-corrected chi connectivity index (χ3v) is 0. The fourth-order valence-corrected chi connectivity index (χ4v) is 0. The Hall–Kier alpha value is -0.403. The molecule has 0 saturated carbocycles. The van der Waals surface area contributed by atoms with Gasteiger partial charge in [-0.15, -0.1) is 0 Å². The number of hydrogen-bond acceptors (Lipinski definition) is 0. The summed E-state index contributed by atoms with van der Waals surface area (Å²) < 4.78 is 0. The summed E-state index contributed by atoms with van der Waals surface area (Å²) in [6, 6.07) is 0. The summed E-state index contributed by atoms with van der Waals surface area (Å²) in [6.45, 7) is 9.47.